The Hall–Kier alpha value is -2.11. The first kappa shape index (κ1) is 19.2. The van der Waals surface area contributed by atoms with Gasteiger partial charge in [0.15, 0.2) is 0 Å². The SMILES string of the molecule is CCCN(CC(O)c1cccnc1)C(=O)Cc1ccc(OC)c(Cl)c1. The Balaban J connectivity index is 2.05. The lowest BCUT2D eigenvalue weighted by atomic mass is 10.1. The van der Waals surface area contributed by atoms with Crippen LogP contribution in [0.2, 0.25) is 5.02 Å². The number of rotatable bonds is 8. The van der Waals surface area contributed by atoms with Gasteiger partial charge in [-0.3, -0.25) is 9.78 Å². The molecule has 1 N–H and O–H groups in total. The first-order valence-corrected chi connectivity index (χ1v) is 8.61. The van der Waals surface area contributed by atoms with E-state index >= 15 is 0 Å². The number of hydrogen-bond donors (Lipinski definition) is 1. The number of benzene rings is 1. The molecule has 2 rings (SSSR count). The highest BCUT2D eigenvalue weighted by Gasteiger charge is 2.19. The van der Waals surface area contributed by atoms with E-state index in [1.807, 2.05) is 13.0 Å². The average molecular weight is 363 g/mol. The van der Waals surface area contributed by atoms with Crippen molar-refractivity contribution in [3.05, 3.63) is 58.9 Å². The maximum Gasteiger partial charge on any atom is 0.227 e. The minimum Gasteiger partial charge on any atom is -0.495 e. The molecule has 0 radical (unpaired) electrons. The molecule has 1 aromatic heterocycles. The molecule has 0 spiro atoms. The fourth-order valence-corrected chi connectivity index (χ4v) is 2.86. The summed E-state index contributed by atoms with van der Waals surface area (Å²) in [5.74, 6) is 0.529. The van der Waals surface area contributed by atoms with E-state index in [4.69, 9.17) is 16.3 Å². The van der Waals surface area contributed by atoms with E-state index < -0.39 is 6.10 Å². The number of aromatic nitrogens is 1. The molecule has 25 heavy (non-hydrogen) atoms. The molecule has 0 fully saturated rings. The van der Waals surface area contributed by atoms with E-state index in [1.165, 1.54) is 0 Å². The molecular weight excluding hydrogens is 340 g/mol. The van der Waals surface area contributed by atoms with Gasteiger partial charge in [0.1, 0.15) is 5.75 Å². The zero-order chi connectivity index (χ0) is 18.2. The van der Waals surface area contributed by atoms with Gasteiger partial charge >= 0.3 is 0 Å². The first-order chi connectivity index (χ1) is 12.0. The van der Waals surface area contributed by atoms with Crippen molar-refractivity contribution >= 4 is 17.5 Å². The summed E-state index contributed by atoms with van der Waals surface area (Å²) in [7, 11) is 1.55. The standard InChI is InChI=1S/C19H23ClN2O3/c1-3-9-22(13-17(23)15-5-4-8-21-12-15)19(24)11-14-6-7-18(25-2)16(20)10-14/h4-8,10,12,17,23H,3,9,11,13H2,1-2H3. The molecule has 5 nitrogen and oxygen atoms in total. The molecule has 0 aliphatic rings. The number of carbonyl (C=O) groups excluding carboxylic acids is 1. The number of carbonyl (C=O) groups is 1. The summed E-state index contributed by atoms with van der Waals surface area (Å²) in [4.78, 5) is 18.3. The maximum atomic E-state index is 12.7. The van der Waals surface area contributed by atoms with Crippen molar-refractivity contribution in [1.29, 1.82) is 0 Å². The molecule has 1 amide bonds. The molecule has 1 heterocycles. The van der Waals surface area contributed by atoms with Crippen molar-refractivity contribution in [2.45, 2.75) is 25.9 Å². The van der Waals surface area contributed by atoms with E-state index in [2.05, 4.69) is 4.98 Å². The van der Waals surface area contributed by atoms with Crippen LogP contribution < -0.4 is 4.74 Å². The average Bonchev–Trinajstić information content (AvgIpc) is 2.62. The van der Waals surface area contributed by atoms with E-state index in [0.29, 0.717) is 22.9 Å². The van der Waals surface area contributed by atoms with Gasteiger partial charge in [0.05, 0.1) is 31.2 Å². The van der Waals surface area contributed by atoms with Crippen molar-refractivity contribution in [3.8, 4) is 5.75 Å². The van der Waals surface area contributed by atoms with Gasteiger partial charge in [-0.05, 0) is 30.2 Å². The summed E-state index contributed by atoms with van der Waals surface area (Å²) in [6.07, 6.45) is 3.54. The third kappa shape index (κ3) is 5.44. The lowest BCUT2D eigenvalue weighted by Gasteiger charge is -2.25. The monoisotopic (exact) mass is 362 g/mol. The summed E-state index contributed by atoms with van der Waals surface area (Å²) in [6.45, 7) is 2.82. The predicted molar refractivity (Wildman–Crippen MR) is 97.8 cm³/mol. The number of halogens is 1. The Bertz CT molecular complexity index is 694. The number of nitrogens with zero attached hydrogens (tertiary/aromatic N) is 2. The number of amides is 1. The highest BCUT2D eigenvalue weighted by molar-refractivity contribution is 6.32. The normalized spacial score (nSPS) is 11.8. The highest BCUT2D eigenvalue weighted by atomic mass is 35.5. The Morgan fingerprint density at radius 1 is 1.40 bits per heavy atom. The van der Waals surface area contributed by atoms with E-state index in [0.717, 1.165) is 12.0 Å². The van der Waals surface area contributed by atoms with Crippen LogP contribution in [0.5, 0.6) is 5.75 Å². The van der Waals surface area contributed by atoms with Crippen LogP contribution in [0.25, 0.3) is 0 Å². The zero-order valence-electron chi connectivity index (χ0n) is 14.5. The van der Waals surface area contributed by atoms with Gasteiger partial charge in [0.2, 0.25) is 5.91 Å². The van der Waals surface area contributed by atoms with Crippen LogP contribution in [-0.2, 0) is 11.2 Å². The van der Waals surface area contributed by atoms with E-state index in [9.17, 15) is 9.90 Å². The number of ether oxygens (including phenoxy) is 1. The summed E-state index contributed by atoms with van der Waals surface area (Å²) in [6, 6.07) is 8.88. The first-order valence-electron chi connectivity index (χ1n) is 8.23. The molecule has 0 aliphatic heterocycles. The van der Waals surface area contributed by atoms with Crippen LogP contribution >= 0.6 is 11.6 Å². The third-order valence-corrected chi connectivity index (χ3v) is 4.18. The number of methoxy groups -OCH3 is 1. The maximum absolute atomic E-state index is 12.7. The molecule has 0 bridgehead atoms. The van der Waals surface area contributed by atoms with Crippen LogP contribution in [0.1, 0.15) is 30.6 Å². The molecule has 1 aromatic carbocycles. The van der Waals surface area contributed by atoms with E-state index in [1.54, 1.807) is 48.7 Å². The van der Waals surface area contributed by atoms with Crippen LogP contribution in [0.15, 0.2) is 42.7 Å². The number of hydrogen-bond acceptors (Lipinski definition) is 4. The van der Waals surface area contributed by atoms with Gasteiger partial charge in [0.25, 0.3) is 0 Å². The van der Waals surface area contributed by atoms with Gasteiger partial charge in [-0.15, -0.1) is 0 Å². The second-order valence-corrected chi connectivity index (χ2v) is 6.19. The van der Waals surface area contributed by atoms with Crippen molar-refractivity contribution in [3.63, 3.8) is 0 Å². The second kappa shape index (κ2) is 9.39. The molecule has 134 valence electrons. The lowest BCUT2D eigenvalue weighted by molar-refractivity contribution is -0.132. The fourth-order valence-electron chi connectivity index (χ4n) is 2.58. The molecule has 0 saturated heterocycles. The second-order valence-electron chi connectivity index (χ2n) is 5.79. The molecule has 0 aliphatic carbocycles. The van der Waals surface area contributed by atoms with Gasteiger partial charge < -0.3 is 14.7 Å². The molecule has 1 atom stereocenters. The summed E-state index contributed by atoms with van der Waals surface area (Å²) in [5, 5.41) is 10.9. The minimum absolute atomic E-state index is 0.0500. The predicted octanol–water partition coefficient (Wildman–Crippen LogP) is 3.26. The smallest absolute Gasteiger partial charge is 0.227 e. The van der Waals surface area contributed by atoms with Crippen molar-refractivity contribution in [1.82, 2.24) is 9.88 Å². The van der Waals surface area contributed by atoms with Crippen LogP contribution in [0, 0.1) is 0 Å². The summed E-state index contributed by atoms with van der Waals surface area (Å²) < 4.78 is 5.13. The Morgan fingerprint density at radius 3 is 2.80 bits per heavy atom. The lowest BCUT2D eigenvalue weighted by Crippen LogP contribution is -2.36. The van der Waals surface area contributed by atoms with Crippen LogP contribution in [0.3, 0.4) is 0 Å². The molecular formula is C19H23ClN2O3. The summed E-state index contributed by atoms with van der Waals surface area (Å²) >= 11 is 6.12. The Morgan fingerprint density at radius 2 is 2.20 bits per heavy atom. The third-order valence-electron chi connectivity index (χ3n) is 3.88. The van der Waals surface area contributed by atoms with Gasteiger partial charge in [0, 0.05) is 24.5 Å². The van der Waals surface area contributed by atoms with Crippen molar-refractivity contribution in [2.24, 2.45) is 0 Å². The summed E-state index contributed by atoms with van der Waals surface area (Å²) in [5.41, 5.74) is 1.51. The van der Waals surface area contributed by atoms with Crippen LogP contribution in [0.4, 0.5) is 0 Å². The quantitative estimate of drug-likeness (QED) is 0.783. The minimum atomic E-state index is -0.761. The Labute approximate surface area is 153 Å². The zero-order valence-corrected chi connectivity index (χ0v) is 15.2. The van der Waals surface area contributed by atoms with Crippen molar-refractivity contribution in [2.75, 3.05) is 20.2 Å². The molecule has 6 heteroatoms. The van der Waals surface area contributed by atoms with Crippen LogP contribution in [-0.4, -0.2) is 41.1 Å². The molecule has 1 unspecified atom stereocenters. The van der Waals surface area contributed by atoms with Gasteiger partial charge in [-0.25, -0.2) is 0 Å². The Kier molecular flexibility index (Phi) is 7.22. The number of aliphatic hydroxyl groups is 1. The number of aliphatic hydroxyl groups excluding tert-OH is 1. The number of pyridine rings is 1. The topological polar surface area (TPSA) is 62.7 Å². The van der Waals surface area contributed by atoms with Gasteiger partial charge in [-0.2, -0.15) is 0 Å². The molecule has 2 aromatic rings. The van der Waals surface area contributed by atoms with E-state index in [-0.39, 0.29) is 18.9 Å². The highest BCUT2D eigenvalue weighted by Crippen LogP contribution is 2.25. The fraction of sp³-hybridized carbons (Fsp3) is 0.368. The largest absolute Gasteiger partial charge is 0.495 e. The van der Waals surface area contributed by atoms with Gasteiger partial charge in [-0.1, -0.05) is 30.7 Å². The molecule has 0 saturated carbocycles. The van der Waals surface area contributed by atoms with Crippen molar-refractivity contribution < 1.29 is 14.6 Å².